The molecule has 1 saturated carbocycles. The molecule has 2 fully saturated rings. The van der Waals surface area contributed by atoms with Crippen LogP contribution in [0.2, 0.25) is 0 Å². The molecule has 164 valence electrons. The molecule has 2 amide bonds. The molecule has 32 heavy (non-hydrogen) atoms. The molecule has 2 heterocycles. The van der Waals surface area contributed by atoms with Crippen molar-refractivity contribution in [2.45, 2.75) is 43.8 Å². The first-order valence-electron chi connectivity index (χ1n) is 11.1. The molecule has 5 rings (SSSR count). The summed E-state index contributed by atoms with van der Waals surface area (Å²) in [6.45, 7) is 1.22. The van der Waals surface area contributed by atoms with Crippen LogP contribution in [0.25, 0.3) is 0 Å². The van der Waals surface area contributed by atoms with E-state index in [1.54, 1.807) is 30.5 Å². The fraction of sp³-hybridized carbons (Fsp3) is 0.308. The van der Waals surface area contributed by atoms with Gasteiger partial charge in [0, 0.05) is 18.7 Å². The van der Waals surface area contributed by atoms with Gasteiger partial charge in [-0.3, -0.25) is 4.98 Å². The van der Waals surface area contributed by atoms with Gasteiger partial charge in [-0.15, -0.1) is 0 Å². The Morgan fingerprint density at radius 3 is 2.09 bits per heavy atom. The third-order valence-electron chi connectivity index (χ3n) is 6.51. The van der Waals surface area contributed by atoms with Crippen LogP contribution in [0, 0.1) is 11.6 Å². The topological polar surface area (TPSA) is 36.4 Å². The standard InChI is InChI=1S/C26H25F2N3O/c27-20-10-6-18(7-11-20)23(19-8-12-21(28)13-9-19)5-3-15-30-24-16-25(24)31(26(30)32)17-22-4-1-2-14-29-22/h1-2,4,6-14,23-25H,3,5,15-17H2/t24-,25+/m0/s1. The normalized spacial score (nSPS) is 19.5. The van der Waals surface area contributed by atoms with Gasteiger partial charge in [-0.05, 0) is 66.8 Å². The van der Waals surface area contributed by atoms with E-state index in [2.05, 4.69) is 4.98 Å². The van der Waals surface area contributed by atoms with Crippen LogP contribution in [0.4, 0.5) is 13.6 Å². The summed E-state index contributed by atoms with van der Waals surface area (Å²) in [4.78, 5) is 21.3. The molecule has 1 saturated heterocycles. The molecule has 0 N–H and O–H groups in total. The van der Waals surface area contributed by atoms with E-state index in [4.69, 9.17) is 0 Å². The minimum Gasteiger partial charge on any atom is -0.319 e. The summed E-state index contributed by atoms with van der Waals surface area (Å²) in [5, 5.41) is 0. The highest BCUT2D eigenvalue weighted by Crippen LogP contribution is 2.42. The number of pyridine rings is 1. The maximum atomic E-state index is 13.4. The third kappa shape index (κ3) is 4.22. The minimum absolute atomic E-state index is 0.0218. The fourth-order valence-electron chi connectivity index (χ4n) is 4.78. The summed E-state index contributed by atoms with van der Waals surface area (Å²) >= 11 is 0. The van der Waals surface area contributed by atoms with Crippen molar-refractivity contribution in [3.63, 3.8) is 0 Å². The van der Waals surface area contributed by atoms with E-state index >= 15 is 0 Å². The zero-order valence-electron chi connectivity index (χ0n) is 17.7. The number of amides is 2. The van der Waals surface area contributed by atoms with Crippen LogP contribution in [0.5, 0.6) is 0 Å². The molecule has 1 aromatic heterocycles. The second kappa shape index (κ2) is 8.69. The van der Waals surface area contributed by atoms with Crippen LogP contribution in [-0.2, 0) is 6.54 Å². The smallest absolute Gasteiger partial charge is 0.319 e. The van der Waals surface area contributed by atoms with Gasteiger partial charge in [-0.2, -0.15) is 0 Å². The first kappa shape index (κ1) is 20.6. The van der Waals surface area contributed by atoms with Gasteiger partial charge in [-0.1, -0.05) is 30.3 Å². The summed E-state index contributed by atoms with van der Waals surface area (Å²) in [6, 6.07) is 19.4. The number of aromatic nitrogens is 1. The Morgan fingerprint density at radius 1 is 0.875 bits per heavy atom. The van der Waals surface area contributed by atoms with E-state index in [1.165, 1.54) is 24.3 Å². The van der Waals surface area contributed by atoms with Crippen molar-refractivity contribution in [1.82, 2.24) is 14.8 Å². The van der Waals surface area contributed by atoms with E-state index in [9.17, 15) is 13.6 Å². The summed E-state index contributed by atoms with van der Waals surface area (Å²) < 4.78 is 26.9. The molecule has 4 nitrogen and oxygen atoms in total. The van der Waals surface area contributed by atoms with Gasteiger partial charge in [0.15, 0.2) is 0 Å². The van der Waals surface area contributed by atoms with Crippen molar-refractivity contribution < 1.29 is 13.6 Å². The highest BCUT2D eigenvalue weighted by atomic mass is 19.1. The van der Waals surface area contributed by atoms with Crippen molar-refractivity contribution >= 4 is 6.03 Å². The Bertz CT molecular complexity index is 1030. The lowest BCUT2D eigenvalue weighted by molar-refractivity contribution is 0.173. The van der Waals surface area contributed by atoms with Crippen molar-refractivity contribution in [2.75, 3.05) is 6.54 Å². The first-order valence-corrected chi connectivity index (χ1v) is 11.1. The molecule has 1 aliphatic carbocycles. The molecule has 1 aliphatic heterocycles. The average Bonchev–Trinajstić information content (AvgIpc) is 3.55. The molecule has 6 heteroatoms. The van der Waals surface area contributed by atoms with Crippen molar-refractivity contribution in [2.24, 2.45) is 0 Å². The number of carbonyl (C=O) groups excluding carboxylic acids is 1. The van der Waals surface area contributed by atoms with Crippen LogP contribution in [0.3, 0.4) is 0 Å². The van der Waals surface area contributed by atoms with Gasteiger partial charge < -0.3 is 9.80 Å². The lowest BCUT2D eigenvalue weighted by Crippen LogP contribution is -2.37. The number of hydrogen-bond donors (Lipinski definition) is 0. The van der Waals surface area contributed by atoms with E-state index in [1.807, 2.05) is 28.0 Å². The number of halogens is 2. The Hall–Kier alpha value is -3.28. The highest BCUT2D eigenvalue weighted by Gasteiger charge is 2.56. The SMILES string of the molecule is O=C1N(Cc2ccccn2)[C@@H]2C[C@@H]2N1CCCC(c1ccc(F)cc1)c1ccc(F)cc1. The molecule has 2 atom stereocenters. The molecule has 2 aromatic carbocycles. The van der Waals surface area contributed by atoms with Crippen LogP contribution >= 0.6 is 0 Å². The molecule has 0 bridgehead atoms. The highest BCUT2D eigenvalue weighted by molar-refractivity contribution is 5.79. The maximum absolute atomic E-state index is 13.4. The third-order valence-corrected chi connectivity index (χ3v) is 6.51. The largest absolute Gasteiger partial charge is 0.321 e. The second-order valence-electron chi connectivity index (χ2n) is 8.59. The zero-order chi connectivity index (χ0) is 22.1. The van der Waals surface area contributed by atoms with Gasteiger partial charge in [-0.25, -0.2) is 13.6 Å². The lowest BCUT2D eigenvalue weighted by atomic mass is 9.87. The predicted octanol–water partition coefficient (Wildman–Crippen LogP) is 5.35. The van der Waals surface area contributed by atoms with Crippen LogP contribution < -0.4 is 0 Å². The lowest BCUT2D eigenvalue weighted by Gasteiger charge is -2.24. The van der Waals surface area contributed by atoms with Crippen molar-refractivity contribution in [3.8, 4) is 0 Å². The van der Waals surface area contributed by atoms with Gasteiger partial charge in [0.1, 0.15) is 11.6 Å². The number of fused-ring (bicyclic) bond motifs is 1. The zero-order valence-corrected chi connectivity index (χ0v) is 17.7. The quantitative estimate of drug-likeness (QED) is 0.480. The fourth-order valence-corrected chi connectivity index (χ4v) is 4.78. The van der Waals surface area contributed by atoms with Crippen molar-refractivity contribution in [3.05, 3.63) is 101 Å². The second-order valence-corrected chi connectivity index (χ2v) is 8.59. The van der Waals surface area contributed by atoms with E-state index in [0.29, 0.717) is 19.1 Å². The number of benzene rings is 2. The molecular weight excluding hydrogens is 408 g/mol. The Labute approximate surface area is 186 Å². The maximum Gasteiger partial charge on any atom is 0.321 e. The Morgan fingerprint density at radius 2 is 1.50 bits per heavy atom. The van der Waals surface area contributed by atoms with Gasteiger partial charge in [0.2, 0.25) is 0 Å². The summed E-state index contributed by atoms with van der Waals surface area (Å²) in [5.74, 6) is -0.530. The summed E-state index contributed by atoms with van der Waals surface area (Å²) in [7, 11) is 0. The number of rotatable bonds is 8. The minimum atomic E-state index is -0.276. The number of urea groups is 1. The van der Waals surface area contributed by atoms with Crippen LogP contribution in [0.1, 0.15) is 42.0 Å². The predicted molar refractivity (Wildman–Crippen MR) is 118 cm³/mol. The molecule has 3 aromatic rings. The first-order chi connectivity index (χ1) is 15.6. The van der Waals surface area contributed by atoms with Gasteiger partial charge >= 0.3 is 6.03 Å². The number of carbonyl (C=O) groups is 1. The monoisotopic (exact) mass is 433 g/mol. The van der Waals surface area contributed by atoms with Crippen molar-refractivity contribution in [1.29, 1.82) is 0 Å². The van der Waals surface area contributed by atoms with E-state index in [-0.39, 0.29) is 29.6 Å². The van der Waals surface area contributed by atoms with Gasteiger partial charge in [0.05, 0.1) is 24.3 Å². The Kier molecular flexibility index (Phi) is 5.60. The van der Waals surface area contributed by atoms with Crippen LogP contribution in [0.15, 0.2) is 72.9 Å². The van der Waals surface area contributed by atoms with E-state index < -0.39 is 0 Å². The molecule has 0 radical (unpaired) electrons. The van der Waals surface area contributed by atoms with Gasteiger partial charge in [0.25, 0.3) is 0 Å². The molecular formula is C26H25F2N3O. The average molecular weight is 434 g/mol. The van der Waals surface area contributed by atoms with E-state index in [0.717, 1.165) is 36.1 Å². The Balaban J connectivity index is 1.25. The summed E-state index contributed by atoms with van der Waals surface area (Å²) in [5.41, 5.74) is 2.89. The number of hydrogen-bond acceptors (Lipinski definition) is 2. The molecule has 0 unspecified atom stereocenters. The summed E-state index contributed by atoms with van der Waals surface area (Å²) in [6.07, 6.45) is 4.37. The molecule has 0 spiro atoms. The number of nitrogens with zero attached hydrogens (tertiary/aromatic N) is 3. The molecule has 2 aliphatic rings. The van der Waals surface area contributed by atoms with Crippen LogP contribution in [-0.4, -0.2) is 39.4 Å².